The summed E-state index contributed by atoms with van der Waals surface area (Å²) in [6, 6.07) is 5.09. The first-order valence-electron chi connectivity index (χ1n) is 20.4. The quantitative estimate of drug-likeness (QED) is 0.0662. The molecule has 0 spiro atoms. The van der Waals surface area contributed by atoms with Gasteiger partial charge in [0.05, 0.1) is 6.10 Å². The molecule has 4 rings (SSSR count). The van der Waals surface area contributed by atoms with E-state index < -0.39 is 59.8 Å². The predicted octanol–water partition coefficient (Wildman–Crippen LogP) is 10.4. The van der Waals surface area contributed by atoms with E-state index in [1.165, 1.54) is 11.1 Å². The maximum Gasteiger partial charge on any atom is 0.453 e. The van der Waals surface area contributed by atoms with Gasteiger partial charge in [-0.3, -0.25) is 0 Å². The number of unbranched alkanes of at least 4 members (excludes halogenated alkanes) is 6. The monoisotopic (exact) mass is 805 g/mol. The Balaban J connectivity index is 1.28. The van der Waals surface area contributed by atoms with E-state index in [1.54, 1.807) is 20.8 Å². The standard InChI is InChI=1S/C42H64F5NO6S/c1-27(2)36(37(50)54-39(3,4)5)48-38(51)53-30-16-17-31-29(26-30)25-28(35-32(31)20-22-40(6)33(35)18-19-34(40)49)15-12-10-8-7-9-11-13-23-55(52)24-14-21-41(43,44)42(45,46)47/h16-17,26-28,32-36,49H,7-15,18-25H2,1-6H3,(H,48,51)/t28-,32?,33+,34+,35-,36?,40+,55?/m1/s1. The van der Waals surface area contributed by atoms with E-state index >= 15 is 0 Å². The molecular weight excluding hydrogens is 742 g/mol. The lowest BCUT2D eigenvalue weighted by Crippen LogP contribution is -2.48. The van der Waals surface area contributed by atoms with E-state index in [2.05, 4.69) is 18.3 Å². The number of benzene rings is 1. The summed E-state index contributed by atoms with van der Waals surface area (Å²) >= 11 is -1.40. The number of halogens is 5. The van der Waals surface area contributed by atoms with Crippen LogP contribution in [0.5, 0.6) is 5.75 Å². The molecule has 55 heavy (non-hydrogen) atoms. The van der Waals surface area contributed by atoms with E-state index in [0.717, 1.165) is 77.0 Å². The molecule has 7 nitrogen and oxygen atoms in total. The van der Waals surface area contributed by atoms with Crippen molar-refractivity contribution in [1.82, 2.24) is 5.32 Å². The maximum atomic E-state index is 13.1. The summed E-state index contributed by atoms with van der Waals surface area (Å²) in [7, 11) is 0. The van der Waals surface area contributed by atoms with Crippen LogP contribution in [0.1, 0.15) is 148 Å². The zero-order valence-corrected chi connectivity index (χ0v) is 34.4. The molecule has 0 radical (unpaired) electrons. The van der Waals surface area contributed by atoms with Crippen LogP contribution in [0.4, 0.5) is 26.7 Å². The smallest absolute Gasteiger partial charge is 0.453 e. The Labute approximate surface area is 327 Å². The average molecular weight is 806 g/mol. The van der Waals surface area contributed by atoms with E-state index in [1.807, 2.05) is 26.0 Å². The number of hydrogen-bond donors (Lipinski definition) is 2. The van der Waals surface area contributed by atoms with Crippen LogP contribution in [0.2, 0.25) is 0 Å². The number of aliphatic hydroxyl groups is 1. The lowest BCUT2D eigenvalue weighted by molar-refractivity contribution is -0.284. The molecule has 1 aromatic rings. The summed E-state index contributed by atoms with van der Waals surface area (Å²) in [5.74, 6) is -3.10. The highest BCUT2D eigenvalue weighted by Crippen LogP contribution is 2.62. The minimum absolute atomic E-state index is 0.0725. The molecule has 0 saturated heterocycles. The minimum Gasteiger partial charge on any atom is -0.616 e. The number of fused-ring (bicyclic) bond motifs is 5. The molecule has 0 bridgehead atoms. The van der Waals surface area contributed by atoms with Crippen molar-refractivity contribution in [3.05, 3.63) is 29.3 Å². The van der Waals surface area contributed by atoms with Crippen LogP contribution in [0.3, 0.4) is 0 Å². The second kappa shape index (κ2) is 19.1. The number of esters is 1. The Hall–Kier alpha value is -2.12. The Morgan fingerprint density at radius 1 is 0.964 bits per heavy atom. The van der Waals surface area contributed by atoms with Crippen LogP contribution < -0.4 is 10.1 Å². The molecule has 3 aliphatic carbocycles. The van der Waals surface area contributed by atoms with Crippen molar-refractivity contribution < 1.29 is 50.7 Å². The largest absolute Gasteiger partial charge is 0.616 e. The SMILES string of the molecule is CC(C)C(NC(=O)Oc1ccc2c(c1)C[C@@H](CCCCCCCCC[S+]([O-])CCCC(F)(F)C(F)(F)F)[C@@H]1C2CC[C@]2(C)[C@@H](O)CC[C@@H]12)C(=O)OC(C)(C)C. The van der Waals surface area contributed by atoms with Gasteiger partial charge in [-0.05, 0) is 137 Å². The van der Waals surface area contributed by atoms with E-state index in [0.29, 0.717) is 41.6 Å². The second-order valence-corrected chi connectivity index (χ2v) is 19.7. The Morgan fingerprint density at radius 2 is 1.60 bits per heavy atom. The number of carbonyl (C=O) groups excluding carboxylic acids is 2. The van der Waals surface area contributed by atoms with Gasteiger partial charge >= 0.3 is 24.2 Å². The predicted molar refractivity (Wildman–Crippen MR) is 205 cm³/mol. The number of alkyl halides is 5. The fraction of sp³-hybridized carbons (Fsp3) is 0.810. The summed E-state index contributed by atoms with van der Waals surface area (Å²) in [4.78, 5) is 25.8. The summed E-state index contributed by atoms with van der Waals surface area (Å²) in [6.07, 6.45) is 4.18. The molecule has 13 heteroatoms. The van der Waals surface area contributed by atoms with Crippen molar-refractivity contribution in [3.8, 4) is 5.75 Å². The number of carbonyl (C=O) groups is 2. The number of hydrogen-bond acceptors (Lipinski definition) is 6. The van der Waals surface area contributed by atoms with Crippen molar-refractivity contribution in [3.63, 3.8) is 0 Å². The topological polar surface area (TPSA) is 108 Å². The Morgan fingerprint density at radius 3 is 2.24 bits per heavy atom. The fourth-order valence-corrected chi connectivity index (χ4v) is 10.7. The van der Waals surface area contributed by atoms with Crippen LogP contribution in [0, 0.1) is 29.1 Å². The Bertz CT molecular complexity index is 1420. The van der Waals surface area contributed by atoms with Gasteiger partial charge in [-0.2, -0.15) is 22.0 Å². The van der Waals surface area contributed by atoms with Gasteiger partial charge in [-0.25, -0.2) is 9.59 Å². The number of amides is 1. The molecule has 314 valence electrons. The molecule has 2 N–H and O–H groups in total. The summed E-state index contributed by atoms with van der Waals surface area (Å²) in [5.41, 5.74) is 1.74. The van der Waals surface area contributed by atoms with Crippen LogP contribution in [0.15, 0.2) is 18.2 Å². The molecule has 8 atom stereocenters. The molecule has 0 aromatic heterocycles. The van der Waals surface area contributed by atoms with Crippen molar-refractivity contribution in [2.75, 3.05) is 11.5 Å². The van der Waals surface area contributed by atoms with Crippen LogP contribution in [-0.2, 0) is 27.1 Å². The third kappa shape index (κ3) is 12.2. The molecule has 0 heterocycles. The molecule has 3 aliphatic rings. The molecule has 1 aromatic carbocycles. The van der Waals surface area contributed by atoms with Crippen LogP contribution in [0.25, 0.3) is 0 Å². The van der Waals surface area contributed by atoms with E-state index in [4.69, 9.17) is 9.47 Å². The van der Waals surface area contributed by atoms with E-state index in [-0.39, 0.29) is 23.2 Å². The lowest BCUT2D eigenvalue weighted by Gasteiger charge is -2.53. The molecule has 3 unspecified atom stereocenters. The second-order valence-electron chi connectivity index (χ2n) is 18.0. The van der Waals surface area contributed by atoms with Crippen molar-refractivity contribution in [1.29, 1.82) is 0 Å². The first kappa shape index (κ1) is 45.6. The van der Waals surface area contributed by atoms with Gasteiger partial charge in [0.25, 0.3) is 0 Å². The molecule has 2 fully saturated rings. The van der Waals surface area contributed by atoms with Crippen molar-refractivity contribution >= 4 is 23.2 Å². The lowest BCUT2D eigenvalue weighted by atomic mass is 9.52. The fourth-order valence-electron chi connectivity index (χ4n) is 9.46. The highest BCUT2D eigenvalue weighted by Gasteiger charge is 2.57. The Kier molecular flexibility index (Phi) is 15.8. The van der Waals surface area contributed by atoms with Crippen molar-refractivity contribution in [2.45, 2.75) is 174 Å². The van der Waals surface area contributed by atoms with Gasteiger partial charge in [-0.1, -0.05) is 70.1 Å². The zero-order valence-electron chi connectivity index (χ0n) is 33.6. The minimum atomic E-state index is -5.57. The van der Waals surface area contributed by atoms with E-state index in [9.17, 15) is 41.2 Å². The van der Waals surface area contributed by atoms with Gasteiger partial charge in [0.2, 0.25) is 0 Å². The zero-order chi connectivity index (χ0) is 40.8. The van der Waals surface area contributed by atoms with Gasteiger partial charge in [-0.15, -0.1) is 0 Å². The van der Waals surface area contributed by atoms with Crippen LogP contribution >= 0.6 is 0 Å². The molecule has 0 aliphatic heterocycles. The van der Waals surface area contributed by atoms with Gasteiger partial charge in [0.1, 0.15) is 28.9 Å². The maximum absolute atomic E-state index is 13.1. The third-order valence-corrected chi connectivity index (χ3v) is 13.8. The highest BCUT2D eigenvalue weighted by molar-refractivity contribution is 7.91. The average Bonchev–Trinajstić information content (AvgIpc) is 3.38. The number of ether oxygens (including phenoxy) is 2. The number of aliphatic hydroxyl groups excluding tert-OH is 1. The number of rotatable bonds is 18. The highest BCUT2D eigenvalue weighted by atomic mass is 32.2. The van der Waals surface area contributed by atoms with Gasteiger partial charge in [0.15, 0.2) is 0 Å². The summed E-state index contributed by atoms with van der Waals surface area (Å²) < 4.78 is 86.5. The molecule has 2 saturated carbocycles. The first-order chi connectivity index (χ1) is 25.6. The van der Waals surface area contributed by atoms with Gasteiger partial charge < -0.3 is 24.4 Å². The number of nitrogens with one attached hydrogen (secondary N) is 1. The third-order valence-electron chi connectivity index (χ3n) is 12.4. The van der Waals surface area contributed by atoms with Gasteiger partial charge in [0, 0.05) is 6.42 Å². The first-order valence-corrected chi connectivity index (χ1v) is 21.9. The molecular formula is C42H64F5NO6S. The summed E-state index contributed by atoms with van der Waals surface area (Å²) in [6.45, 7) is 11.3. The van der Waals surface area contributed by atoms with Crippen molar-refractivity contribution in [2.24, 2.45) is 29.1 Å². The van der Waals surface area contributed by atoms with Crippen LogP contribution in [-0.4, -0.2) is 63.1 Å². The summed E-state index contributed by atoms with van der Waals surface area (Å²) in [5, 5.41) is 13.8. The normalized spacial score (nSPS) is 26.5. The molecule has 1 amide bonds.